The Hall–Kier alpha value is -2.73. The van der Waals surface area contributed by atoms with Crippen LogP contribution in [-0.2, 0) is 11.3 Å². The van der Waals surface area contributed by atoms with Crippen LogP contribution in [0.5, 0.6) is 5.75 Å². The van der Waals surface area contributed by atoms with E-state index < -0.39 is 0 Å². The summed E-state index contributed by atoms with van der Waals surface area (Å²) in [6, 6.07) is 15.8. The molecular formula is C20H21N3O2S. The van der Waals surface area contributed by atoms with Crippen molar-refractivity contribution in [2.75, 3.05) is 12.9 Å². The largest absolute Gasteiger partial charge is 0.497 e. The van der Waals surface area contributed by atoms with E-state index in [2.05, 4.69) is 23.3 Å². The fraction of sp³-hybridized carbons (Fsp3) is 0.200. The molecule has 0 aliphatic carbocycles. The molecule has 0 aliphatic heterocycles. The number of carbonyl (C=O) groups is 1. The minimum atomic E-state index is -0.0230. The van der Waals surface area contributed by atoms with Crippen LogP contribution >= 0.6 is 11.8 Å². The van der Waals surface area contributed by atoms with Gasteiger partial charge in [-0.2, -0.15) is 0 Å². The maximum Gasteiger partial charge on any atom is 0.230 e. The second-order valence-electron chi connectivity index (χ2n) is 5.78. The highest BCUT2D eigenvalue weighted by Gasteiger charge is 2.10. The number of nitrogens with one attached hydrogen (secondary N) is 1. The van der Waals surface area contributed by atoms with Gasteiger partial charge in [0.2, 0.25) is 5.91 Å². The Balaban J connectivity index is 1.55. The smallest absolute Gasteiger partial charge is 0.230 e. The first-order chi connectivity index (χ1) is 12.7. The average molecular weight is 367 g/mol. The molecule has 26 heavy (non-hydrogen) atoms. The van der Waals surface area contributed by atoms with Crippen LogP contribution < -0.4 is 10.1 Å². The number of ether oxygens (including phenoxy) is 1. The number of nitrogens with zero attached hydrogens (tertiary/aromatic N) is 2. The summed E-state index contributed by atoms with van der Waals surface area (Å²) in [6.07, 6.45) is 3.67. The van der Waals surface area contributed by atoms with Crippen molar-refractivity contribution in [2.24, 2.45) is 0 Å². The molecule has 3 rings (SSSR count). The molecule has 0 spiro atoms. The number of hydrogen-bond acceptors (Lipinski definition) is 4. The van der Waals surface area contributed by atoms with Gasteiger partial charge in [0.1, 0.15) is 5.75 Å². The standard InChI is InChI=1S/C20H21N3O2S/c1-15-5-3-4-6-18(15)23-12-11-21-20(23)26-14-19(24)22-13-16-7-9-17(25-2)10-8-16/h3-12H,13-14H2,1-2H3,(H,22,24). The molecule has 0 bridgehead atoms. The van der Waals surface area contributed by atoms with E-state index in [1.807, 2.05) is 53.2 Å². The maximum absolute atomic E-state index is 12.2. The number of para-hydroxylation sites is 1. The Morgan fingerprint density at radius 2 is 1.96 bits per heavy atom. The van der Waals surface area contributed by atoms with Crippen molar-refractivity contribution < 1.29 is 9.53 Å². The molecule has 3 aromatic rings. The van der Waals surface area contributed by atoms with Crippen LogP contribution in [0.4, 0.5) is 0 Å². The number of aryl methyl sites for hydroxylation is 1. The van der Waals surface area contributed by atoms with E-state index in [-0.39, 0.29) is 5.91 Å². The third-order valence-electron chi connectivity index (χ3n) is 3.96. The van der Waals surface area contributed by atoms with Crippen molar-refractivity contribution in [1.82, 2.24) is 14.9 Å². The predicted octanol–water partition coefficient (Wildman–Crippen LogP) is 3.60. The van der Waals surface area contributed by atoms with E-state index in [9.17, 15) is 4.79 Å². The number of imidazole rings is 1. The van der Waals surface area contributed by atoms with Gasteiger partial charge in [-0.25, -0.2) is 4.98 Å². The molecule has 1 N–H and O–H groups in total. The summed E-state index contributed by atoms with van der Waals surface area (Å²) in [5, 5.41) is 3.74. The highest BCUT2D eigenvalue weighted by Crippen LogP contribution is 2.22. The topological polar surface area (TPSA) is 56.1 Å². The molecule has 0 saturated heterocycles. The van der Waals surface area contributed by atoms with Gasteiger partial charge >= 0.3 is 0 Å². The van der Waals surface area contributed by atoms with Gasteiger partial charge in [-0.05, 0) is 36.2 Å². The molecule has 1 aromatic heterocycles. The number of benzene rings is 2. The van der Waals surface area contributed by atoms with Gasteiger partial charge in [-0.15, -0.1) is 0 Å². The molecule has 0 radical (unpaired) electrons. The van der Waals surface area contributed by atoms with E-state index in [1.54, 1.807) is 13.3 Å². The molecule has 0 saturated carbocycles. The Labute approximate surface area is 157 Å². The fourth-order valence-electron chi connectivity index (χ4n) is 2.54. The van der Waals surface area contributed by atoms with Gasteiger partial charge in [0.25, 0.3) is 0 Å². The lowest BCUT2D eigenvalue weighted by Crippen LogP contribution is -2.24. The quantitative estimate of drug-likeness (QED) is 0.648. The summed E-state index contributed by atoms with van der Waals surface area (Å²) >= 11 is 1.43. The van der Waals surface area contributed by atoms with Gasteiger partial charge < -0.3 is 10.1 Å². The van der Waals surface area contributed by atoms with Crippen molar-refractivity contribution in [2.45, 2.75) is 18.6 Å². The number of thioether (sulfide) groups is 1. The van der Waals surface area contributed by atoms with Crippen LogP contribution in [-0.4, -0.2) is 28.3 Å². The Morgan fingerprint density at radius 1 is 1.19 bits per heavy atom. The molecule has 0 atom stereocenters. The highest BCUT2D eigenvalue weighted by molar-refractivity contribution is 7.99. The van der Waals surface area contributed by atoms with Gasteiger partial charge in [-0.1, -0.05) is 42.1 Å². The Morgan fingerprint density at radius 3 is 2.69 bits per heavy atom. The van der Waals surface area contributed by atoms with Crippen LogP contribution in [0.1, 0.15) is 11.1 Å². The molecule has 5 nitrogen and oxygen atoms in total. The third-order valence-corrected chi connectivity index (χ3v) is 4.93. The first-order valence-corrected chi connectivity index (χ1v) is 9.27. The van der Waals surface area contributed by atoms with Crippen molar-refractivity contribution in [3.63, 3.8) is 0 Å². The van der Waals surface area contributed by atoms with Crippen LogP contribution in [0.2, 0.25) is 0 Å². The molecule has 0 unspecified atom stereocenters. The predicted molar refractivity (Wildman–Crippen MR) is 104 cm³/mol. The summed E-state index contributed by atoms with van der Waals surface area (Å²) in [5.74, 6) is 1.10. The van der Waals surface area contributed by atoms with Gasteiger partial charge in [-0.3, -0.25) is 9.36 Å². The highest BCUT2D eigenvalue weighted by atomic mass is 32.2. The lowest BCUT2D eigenvalue weighted by Gasteiger charge is -2.10. The van der Waals surface area contributed by atoms with Crippen molar-refractivity contribution >= 4 is 17.7 Å². The Bertz CT molecular complexity index is 875. The van der Waals surface area contributed by atoms with E-state index >= 15 is 0 Å². The van der Waals surface area contributed by atoms with E-state index in [0.29, 0.717) is 12.3 Å². The second kappa shape index (κ2) is 8.58. The van der Waals surface area contributed by atoms with E-state index in [0.717, 1.165) is 27.7 Å². The van der Waals surface area contributed by atoms with Crippen LogP contribution in [0.15, 0.2) is 66.1 Å². The lowest BCUT2D eigenvalue weighted by atomic mass is 10.2. The summed E-state index contributed by atoms with van der Waals surface area (Å²) < 4.78 is 7.14. The lowest BCUT2D eigenvalue weighted by molar-refractivity contribution is -0.118. The number of aromatic nitrogens is 2. The number of amides is 1. The molecular weight excluding hydrogens is 346 g/mol. The van der Waals surface area contributed by atoms with Crippen molar-refractivity contribution in [3.05, 3.63) is 72.1 Å². The van der Waals surface area contributed by atoms with Crippen LogP contribution in [0.3, 0.4) is 0 Å². The summed E-state index contributed by atoms with van der Waals surface area (Å²) in [6.45, 7) is 2.56. The molecule has 0 fully saturated rings. The zero-order valence-corrected chi connectivity index (χ0v) is 15.6. The minimum Gasteiger partial charge on any atom is -0.497 e. The Kier molecular flexibility index (Phi) is 5.96. The van der Waals surface area contributed by atoms with Crippen LogP contribution in [0, 0.1) is 6.92 Å². The normalized spacial score (nSPS) is 10.5. The van der Waals surface area contributed by atoms with Gasteiger partial charge in [0, 0.05) is 18.9 Å². The fourth-order valence-corrected chi connectivity index (χ4v) is 3.33. The molecule has 1 amide bonds. The third kappa shape index (κ3) is 4.46. The van der Waals surface area contributed by atoms with Crippen molar-refractivity contribution in [1.29, 1.82) is 0 Å². The summed E-state index contributed by atoms with van der Waals surface area (Å²) in [7, 11) is 1.63. The SMILES string of the molecule is COc1ccc(CNC(=O)CSc2nccn2-c2ccccc2C)cc1. The molecule has 6 heteroatoms. The number of carbonyl (C=O) groups excluding carboxylic acids is 1. The van der Waals surface area contributed by atoms with Crippen molar-refractivity contribution in [3.8, 4) is 11.4 Å². The summed E-state index contributed by atoms with van der Waals surface area (Å²) in [4.78, 5) is 16.5. The number of rotatable bonds is 7. The average Bonchev–Trinajstić information content (AvgIpc) is 3.14. The first kappa shape index (κ1) is 18.1. The molecule has 2 aromatic carbocycles. The molecule has 0 aliphatic rings. The monoisotopic (exact) mass is 367 g/mol. The maximum atomic E-state index is 12.2. The second-order valence-corrected chi connectivity index (χ2v) is 6.72. The van der Waals surface area contributed by atoms with E-state index in [1.165, 1.54) is 11.8 Å². The van der Waals surface area contributed by atoms with E-state index in [4.69, 9.17) is 4.74 Å². The molecule has 134 valence electrons. The zero-order chi connectivity index (χ0) is 18.4. The number of hydrogen-bond donors (Lipinski definition) is 1. The first-order valence-electron chi connectivity index (χ1n) is 8.29. The van der Waals surface area contributed by atoms with Gasteiger partial charge in [0.05, 0.1) is 18.6 Å². The summed E-state index contributed by atoms with van der Waals surface area (Å²) in [5.41, 5.74) is 3.27. The zero-order valence-electron chi connectivity index (χ0n) is 14.8. The number of methoxy groups -OCH3 is 1. The minimum absolute atomic E-state index is 0.0230. The molecule has 1 heterocycles. The van der Waals surface area contributed by atoms with Gasteiger partial charge in [0.15, 0.2) is 5.16 Å². The van der Waals surface area contributed by atoms with Crippen LogP contribution in [0.25, 0.3) is 5.69 Å².